The maximum atomic E-state index is 11.5. The monoisotopic (exact) mass is 201 g/mol. The first-order chi connectivity index (χ1) is 6.44. The van der Waals surface area contributed by atoms with E-state index in [0.717, 1.165) is 6.42 Å². The van der Waals surface area contributed by atoms with Gasteiger partial charge in [-0.3, -0.25) is 9.59 Å². The summed E-state index contributed by atoms with van der Waals surface area (Å²) in [5.41, 5.74) is -0.365. The van der Waals surface area contributed by atoms with Crippen molar-refractivity contribution in [2.45, 2.75) is 33.6 Å². The number of hydrogen-bond donors (Lipinski definition) is 1. The number of carbonyl (C=O) groups is 2. The van der Waals surface area contributed by atoms with Gasteiger partial charge in [0.2, 0.25) is 5.91 Å². The van der Waals surface area contributed by atoms with E-state index in [4.69, 9.17) is 0 Å². The number of rotatable bonds is 5. The molecule has 0 radical (unpaired) electrons. The zero-order valence-corrected chi connectivity index (χ0v) is 9.35. The van der Waals surface area contributed by atoms with Crippen molar-refractivity contribution < 1.29 is 14.3 Å². The van der Waals surface area contributed by atoms with E-state index in [-0.39, 0.29) is 23.7 Å². The fourth-order valence-electron chi connectivity index (χ4n) is 0.780. The number of amides is 1. The fraction of sp³-hybridized carbons (Fsp3) is 0.800. The SMILES string of the molecule is CCC(C)(C)C(=O)NCCC(=O)OC. The third-order valence-electron chi connectivity index (χ3n) is 2.34. The highest BCUT2D eigenvalue weighted by Crippen LogP contribution is 2.19. The molecule has 0 bridgehead atoms. The molecule has 0 aliphatic heterocycles. The van der Waals surface area contributed by atoms with Crippen molar-refractivity contribution in [3.63, 3.8) is 0 Å². The van der Waals surface area contributed by atoms with Gasteiger partial charge < -0.3 is 10.1 Å². The van der Waals surface area contributed by atoms with E-state index < -0.39 is 0 Å². The van der Waals surface area contributed by atoms with Crippen molar-refractivity contribution >= 4 is 11.9 Å². The molecule has 4 nitrogen and oxygen atoms in total. The molecule has 14 heavy (non-hydrogen) atoms. The Hall–Kier alpha value is -1.06. The predicted octanol–water partition coefficient (Wildman–Crippen LogP) is 1.10. The smallest absolute Gasteiger partial charge is 0.307 e. The highest BCUT2D eigenvalue weighted by molar-refractivity contribution is 5.82. The fourth-order valence-corrected chi connectivity index (χ4v) is 0.780. The molecular weight excluding hydrogens is 182 g/mol. The van der Waals surface area contributed by atoms with Crippen molar-refractivity contribution in [1.82, 2.24) is 5.32 Å². The van der Waals surface area contributed by atoms with Crippen LogP contribution in [0.1, 0.15) is 33.6 Å². The lowest BCUT2D eigenvalue weighted by molar-refractivity contribution is -0.140. The Morgan fingerprint density at radius 2 is 1.93 bits per heavy atom. The quantitative estimate of drug-likeness (QED) is 0.678. The largest absolute Gasteiger partial charge is 0.469 e. The summed E-state index contributed by atoms with van der Waals surface area (Å²) >= 11 is 0. The van der Waals surface area contributed by atoms with Crippen molar-refractivity contribution in [2.75, 3.05) is 13.7 Å². The summed E-state index contributed by atoms with van der Waals surface area (Å²) in [5, 5.41) is 2.70. The van der Waals surface area contributed by atoms with Gasteiger partial charge >= 0.3 is 5.97 Å². The van der Waals surface area contributed by atoms with E-state index in [9.17, 15) is 9.59 Å². The van der Waals surface area contributed by atoms with Gasteiger partial charge in [0.25, 0.3) is 0 Å². The third-order valence-corrected chi connectivity index (χ3v) is 2.34. The summed E-state index contributed by atoms with van der Waals surface area (Å²) in [6, 6.07) is 0. The number of ether oxygens (including phenoxy) is 1. The maximum Gasteiger partial charge on any atom is 0.307 e. The number of carbonyl (C=O) groups excluding carboxylic acids is 2. The van der Waals surface area contributed by atoms with Gasteiger partial charge in [-0.1, -0.05) is 20.8 Å². The van der Waals surface area contributed by atoms with Crippen LogP contribution in [0, 0.1) is 5.41 Å². The molecule has 0 aliphatic carbocycles. The topological polar surface area (TPSA) is 55.4 Å². The van der Waals surface area contributed by atoms with Crippen molar-refractivity contribution in [3.05, 3.63) is 0 Å². The molecular formula is C10H19NO3. The second kappa shape index (κ2) is 5.62. The van der Waals surface area contributed by atoms with Crippen molar-refractivity contribution in [1.29, 1.82) is 0 Å². The summed E-state index contributed by atoms with van der Waals surface area (Å²) in [4.78, 5) is 22.2. The highest BCUT2D eigenvalue weighted by Gasteiger charge is 2.24. The van der Waals surface area contributed by atoms with Gasteiger partial charge in [-0.25, -0.2) is 0 Å². The van der Waals surface area contributed by atoms with Crippen LogP contribution in [0.3, 0.4) is 0 Å². The Kier molecular flexibility index (Phi) is 5.20. The van der Waals surface area contributed by atoms with Crippen LogP contribution in [0.15, 0.2) is 0 Å². The second-order valence-electron chi connectivity index (χ2n) is 3.82. The van der Waals surface area contributed by atoms with E-state index >= 15 is 0 Å². The average Bonchev–Trinajstić information content (AvgIpc) is 2.17. The minimum atomic E-state index is -0.365. The minimum absolute atomic E-state index is 0.0242. The molecule has 0 aliphatic rings. The Morgan fingerprint density at radius 3 is 2.36 bits per heavy atom. The van der Waals surface area contributed by atoms with Crippen LogP contribution >= 0.6 is 0 Å². The first-order valence-corrected chi connectivity index (χ1v) is 4.79. The zero-order chi connectivity index (χ0) is 11.2. The average molecular weight is 201 g/mol. The van der Waals surface area contributed by atoms with Gasteiger partial charge in [-0.2, -0.15) is 0 Å². The van der Waals surface area contributed by atoms with Crippen LogP contribution in [-0.2, 0) is 14.3 Å². The van der Waals surface area contributed by atoms with Crippen LogP contribution in [0.2, 0.25) is 0 Å². The molecule has 0 rings (SSSR count). The molecule has 0 unspecified atom stereocenters. The molecule has 0 spiro atoms. The molecule has 0 saturated carbocycles. The van der Waals surface area contributed by atoms with Gasteiger partial charge in [0.1, 0.15) is 0 Å². The number of methoxy groups -OCH3 is 1. The molecule has 0 heterocycles. The van der Waals surface area contributed by atoms with E-state index in [2.05, 4.69) is 10.1 Å². The van der Waals surface area contributed by atoms with Gasteiger partial charge in [0.15, 0.2) is 0 Å². The number of hydrogen-bond acceptors (Lipinski definition) is 3. The summed E-state index contributed by atoms with van der Waals surface area (Å²) in [7, 11) is 1.33. The van der Waals surface area contributed by atoms with E-state index in [1.165, 1.54) is 7.11 Å². The second-order valence-corrected chi connectivity index (χ2v) is 3.82. The molecule has 1 N–H and O–H groups in total. The standard InChI is InChI=1S/C10H19NO3/c1-5-10(2,3)9(13)11-7-6-8(12)14-4/h5-7H2,1-4H3,(H,11,13). The predicted molar refractivity (Wildman–Crippen MR) is 53.7 cm³/mol. The molecule has 0 aromatic rings. The van der Waals surface area contributed by atoms with Gasteiger partial charge in [0.05, 0.1) is 13.5 Å². The van der Waals surface area contributed by atoms with Crippen LogP contribution in [0.5, 0.6) is 0 Å². The summed E-state index contributed by atoms with van der Waals surface area (Å²) in [6.07, 6.45) is 0.999. The van der Waals surface area contributed by atoms with E-state index in [1.807, 2.05) is 20.8 Å². The lowest BCUT2D eigenvalue weighted by Gasteiger charge is -2.21. The van der Waals surface area contributed by atoms with Gasteiger partial charge in [-0.05, 0) is 6.42 Å². The molecule has 0 saturated heterocycles. The normalized spacial score (nSPS) is 10.9. The molecule has 0 aromatic carbocycles. The molecule has 0 atom stereocenters. The summed E-state index contributed by atoms with van der Waals surface area (Å²) in [5.74, 6) is -0.330. The molecule has 82 valence electrons. The first-order valence-electron chi connectivity index (χ1n) is 4.79. The Labute approximate surface area is 85.0 Å². The third kappa shape index (κ3) is 4.25. The van der Waals surface area contributed by atoms with E-state index in [1.54, 1.807) is 0 Å². The molecule has 0 fully saturated rings. The van der Waals surface area contributed by atoms with Crippen molar-refractivity contribution in [2.24, 2.45) is 5.41 Å². The Bertz CT molecular complexity index is 211. The minimum Gasteiger partial charge on any atom is -0.469 e. The lowest BCUT2D eigenvalue weighted by atomic mass is 9.89. The summed E-state index contributed by atoms with van der Waals surface area (Å²) in [6.45, 7) is 6.05. The van der Waals surface area contributed by atoms with Crippen LogP contribution in [0.25, 0.3) is 0 Å². The van der Waals surface area contributed by atoms with Crippen LogP contribution in [0.4, 0.5) is 0 Å². The summed E-state index contributed by atoms with van der Waals surface area (Å²) < 4.78 is 4.45. The zero-order valence-electron chi connectivity index (χ0n) is 9.35. The van der Waals surface area contributed by atoms with Crippen LogP contribution < -0.4 is 5.32 Å². The molecule has 1 amide bonds. The number of nitrogens with one attached hydrogen (secondary N) is 1. The lowest BCUT2D eigenvalue weighted by Crippen LogP contribution is -2.37. The maximum absolute atomic E-state index is 11.5. The Balaban J connectivity index is 3.80. The van der Waals surface area contributed by atoms with Crippen LogP contribution in [-0.4, -0.2) is 25.5 Å². The molecule has 0 aromatic heterocycles. The van der Waals surface area contributed by atoms with Gasteiger partial charge in [-0.15, -0.1) is 0 Å². The van der Waals surface area contributed by atoms with Gasteiger partial charge in [0, 0.05) is 12.0 Å². The highest BCUT2D eigenvalue weighted by atomic mass is 16.5. The Morgan fingerprint density at radius 1 is 1.36 bits per heavy atom. The van der Waals surface area contributed by atoms with E-state index in [0.29, 0.717) is 6.54 Å². The number of esters is 1. The first kappa shape index (κ1) is 12.9. The van der Waals surface area contributed by atoms with Crippen molar-refractivity contribution in [3.8, 4) is 0 Å². The molecule has 4 heteroatoms.